The van der Waals surface area contributed by atoms with Crippen molar-refractivity contribution >= 4 is 35.7 Å². The van der Waals surface area contributed by atoms with E-state index in [-0.39, 0.29) is 24.2 Å². The quantitative estimate of drug-likeness (QED) is 0.630. The second kappa shape index (κ2) is 9.31. The van der Waals surface area contributed by atoms with Crippen LogP contribution in [0.3, 0.4) is 0 Å². The fraction of sp³-hybridized carbons (Fsp3) is 0.467. The van der Waals surface area contributed by atoms with Crippen LogP contribution in [-0.2, 0) is 9.53 Å². The van der Waals surface area contributed by atoms with Crippen LogP contribution in [0.25, 0.3) is 0 Å². The smallest absolute Gasteiger partial charge is 0.316 e. The standard InChI is InChI=1S/C15H22N4O4.ClH/c1-22-12-8-10(2-3-11(12)19-15(17)21)18-14(20)13(16)9-4-6-23-7-5-9;/h2-3,8-9,13H,4-7,16H2,1H3,(H,18,20)(H3,17,19,21);1H. The van der Waals surface area contributed by atoms with E-state index < -0.39 is 12.1 Å². The zero-order chi connectivity index (χ0) is 16.8. The molecule has 0 saturated carbocycles. The first-order valence-electron chi connectivity index (χ1n) is 7.40. The Morgan fingerprint density at radius 3 is 2.54 bits per heavy atom. The van der Waals surface area contributed by atoms with Gasteiger partial charge in [0.05, 0.1) is 18.8 Å². The number of ether oxygens (including phenoxy) is 2. The number of carbonyl (C=O) groups is 2. The van der Waals surface area contributed by atoms with Gasteiger partial charge < -0.3 is 31.6 Å². The first-order valence-corrected chi connectivity index (χ1v) is 7.40. The number of methoxy groups -OCH3 is 1. The lowest BCUT2D eigenvalue weighted by atomic mass is 9.92. The summed E-state index contributed by atoms with van der Waals surface area (Å²) >= 11 is 0. The topological polar surface area (TPSA) is 129 Å². The molecular formula is C15H23ClN4O4. The monoisotopic (exact) mass is 358 g/mol. The number of hydrogen-bond acceptors (Lipinski definition) is 5. The van der Waals surface area contributed by atoms with Crippen LogP contribution < -0.4 is 26.8 Å². The highest BCUT2D eigenvalue weighted by Crippen LogP contribution is 2.28. The summed E-state index contributed by atoms with van der Waals surface area (Å²) in [5.74, 6) is 0.247. The fourth-order valence-corrected chi connectivity index (χ4v) is 2.52. The zero-order valence-electron chi connectivity index (χ0n) is 13.4. The van der Waals surface area contributed by atoms with Gasteiger partial charge in [-0.1, -0.05) is 0 Å². The van der Waals surface area contributed by atoms with Gasteiger partial charge in [0, 0.05) is 25.0 Å². The van der Waals surface area contributed by atoms with Crippen molar-refractivity contribution in [3.63, 3.8) is 0 Å². The number of nitrogens with one attached hydrogen (secondary N) is 2. The molecule has 1 fully saturated rings. The molecule has 0 spiro atoms. The lowest BCUT2D eigenvalue weighted by Gasteiger charge is -2.26. The van der Waals surface area contributed by atoms with Gasteiger partial charge in [-0.25, -0.2) is 4.79 Å². The zero-order valence-corrected chi connectivity index (χ0v) is 14.2. The lowest BCUT2D eigenvalue weighted by Crippen LogP contribution is -2.44. The highest BCUT2D eigenvalue weighted by Gasteiger charge is 2.26. The Kier molecular flexibility index (Phi) is 7.76. The van der Waals surface area contributed by atoms with E-state index in [2.05, 4.69) is 10.6 Å². The molecule has 0 radical (unpaired) electrons. The molecule has 0 bridgehead atoms. The van der Waals surface area contributed by atoms with Crippen LogP contribution in [0, 0.1) is 5.92 Å². The number of primary amides is 1. The fourth-order valence-electron chi connectivity index (χ4n) is 2.52. The highest BCUT2D eigenvalue weighted by atomic mass is 35.5. The summed E-state index contributed by atoms with van der Waals surface area (Å²) in [7, 11) is 1.46. The van der Waals surface area contributed by atoms with Gasteiger partial charge >= 0.3 is 6.03 Å². The van der Waals surface area contributed by atoms with Crippen molar-refractivity contribution < 1.29 is 19.1 Å². The molecule has 6 N–H and O–H groups in total. The van der Waals surface area contributed by atoms with E-state index in [9.17, 15) is 9.59 Å². The molecule has 1 aromatic carbocycles. The van der Waals surface area contributed by atoms with Gasteiger partial charge in [0.25, 0.3) is 0 Å². The van der Waals surface area contributed by atoms with E-state index in [1.165, 1.54) is 7.11 Å². The second-order valence-corrected chi connectivity index (χ2v) is 5.37. The molecule has 1 aliphatic rings. The third kappa shape index (κ3) is 5.26. The molecule has 1 atom stereocenters. The summed E-state index contributed by atoms with van der Waals surface area (Å²) in [6, 6.07) is 3.55. The third-order valence-corrected chi connectivity index (χ3v) is 3.80. The predicted molar refractivity (Wildman–Crippen MR) is 93.6 cm³/mol. The number of carbonyl (C=O) groups excluding carboxylic acids is 2. The predicted octanol–water partition coefficient (Wildman–Crippen LogP) is 1.30. The van der Waals surface area contributed by atoms with Crippen molar-refractivity contribution in [3.05, 3.63) is 18.2 Å². The van der Waals surface area contributed by atoms with Crippen molar-refractivity contribution in [2.75, 3.05) is 31.0 Å². The first-order chi connectivity index (χ1) is 11.0. The number of rotatable bonds is 5. The number of halogens is 1. The summed E-state index contributed by atoms with van der Waals surface area (Å²) in [6.07, 6.45) is 1.55. The Balaban J connectivity index is 0.00000288. The molecular weight excluding hydrogens is 336 g/mol. The number of anilines is 2. The van der Waals surface area contributed by atoms with E-state index in [1.807, 2.05) is 0 Å². The van der Waals surface area contributed by atoms with Crippen molar-refractivity contribution in [1.29, 1.82) is 0 Å². The van der Waals surface area contributed by atoms with E-state index in [4.69, 9.17) is 20.9 Å². The summed E-state index contributed by atoms with van der Waals surface area (Å²) in [4.78, 5) is 23.2. The van der Waals surface area contributed by atoms with E-state index in [0.717, 1.165) is 12.8 Å². The summed E-state index contributed by atoms with van der Waals surface area (Å²) < 4.78 is 10.5. The summed E-state index contributed by atoms with van der Waals surface area (Å²) in [5, 5.41) is 5.21. The molecule has 134 valence electrons. The maximum Gasteiger partial charge on any atom is 0.316 e. The van der Waals surface area contributed by atoms with E-state index in [0.29, 0.717) is 30.3 Å². The average molecular weight is 359 g/mol. The van der Waals surface area contributed by atoms with Crippen molar-refractivity contribution in [1.82, 2.24) is 0 Å². The van der Waals surface area contributed by atoms with Gasteiger partial charge in [-0.15, -0.1) is 12.4 Å². The molecule has 1 saturated heterocycles. The Bertz CT molecular complexity index is 579. The third-order valence-electron chi connectivity index (χ3n) is 3.80. The molecule has 3 amide bonds. The number of benzene rings is 1. The van der Waals surface area contributed by atoms with Crippen LogP contribution >= 0.6 is 12.4 Å². The maximum atomic E-state index is 12.3. The summed E-state index contributed by atoms with van der Waals surface area (Å²) in [5.41, 5.74) is 12.1. The molecule has 1 heterocycles. The maximum absolute atomic E-state index is 12.3. The number of hydrogen-bond donors (Lipinski definition) is 4. The minimum absolute atomic E-state index is 0. The molecule has 0 aromatic heterocycles. The molecule has 2 rings (SSSR count). The minimum Gasteiger partial charge on any atom is -0.494 e. The minimum atomic E-state index is -0.693. The highest BCUT2D eigenvalue weighted by molar-refractivity contribution is 5.96. The molecule has 1 unspecified atom stereocenters. The van der Waals surface area contributed by atoms with Gasteiger partial charge in [0.1, 0.15) is 5.75 Å². The molecule has 24 heavy (non-hydrogen) atoms. The van der Waals surface area contributed by atoms with Crippen LogP contribution in [0.15, 0.2) is 18.2 Å². The van der Waals surface area contributed by atoms with Crippen LogP contribution in [0.5, 0.6) is 5.75 Å². The van der Waals surface area contributed by atoms with Gasteiger partial charge in [0.2, 0.25) is 5.91 Å². The molecule has 1 aromatic rings. The van der Waals surface area contributed by atoms with Gasteiger partial charge in [-0.05, 0) is 30.9 Å². The van der Waals surface area contributed by atoms with Crippen LogP contribution in [0.2, 0.25) is 0 Å². The van der Waals surface area contributed by atoms with E-state index in [1.54, 1.807) is 18.2 Å². The van der Waals surface area contributed by atoms with E-state index >= 15 is 0 Å². The van der Waals surface area contributed by atoms with Crippen molar-refractivity contribution in [2.45, 2.75) is 18.9 Å². The van der Waals surface area contributed by atoms with Gasteiger partial charge in [-0.3, -0.25) is 4.79 Å². The normalized spacial score (nSPS) is 15.8. The Morgan fingerprint density at radius 1 is 1.29 bits per heavy atom. The Morgan fingerprint density at radius 2 is 1.96 bits per heavy atom. The SMILES string of the molecule is COc1cc(NC(=O)C(N)C2CCOCC2)ccc1NC(N)=O.Cl. The first kappa shape index (κ1) is 20.0. The summed E-state index contributed by atoms with van der Waals surface area (Å²) in [6.45, 7) is 1.26. The number of amides is 3. The van der Waals surface area contributed by atoms with Gasteiger partial charge in [0.15, 0.2) is 0 Å². The Hall–Kier alpha value is -2.03. The molecule has 0 aliphatic carbocycles. The van der Waals surface area contributed by atoms with Crippen LogP contribution in [0.4, 0.5) is 16.2 Å². The average Bonchev–Trinajstić information content (AvgIpc) is 2.55. The molecule has 8 nitrogen and oxygen atoms in total. The van der Waals surface area contributed by atoms with Crippen LogP contribution in [-0.4, -0.2) is 38.3 Å². The lowest BCUT2D eigenvalue weighted by molar-refractivity contribution is -0.119. The number of urea groups is 1. The largest absolute Gasteiger partial charge is 0.494 e. The van der Waals surface area contributed by atoms with Gasteiger partial charge in [-0.2, -0.15) is 0 Å². The van der Waals surface area contributed by atoms with Crippen molar-refractivity contribution in [2.24, 2.45) is 17.4 Å². The number of nitrogens with two attached hydrogens (primary N) is 2. The Labute approximate surface area is 146 Å². The van der Waals surface area contributed by atoms with Crippen LogP contribution in [0.1, 0.15) is 12.8 Å². The molecule has 9 heteroatoms. The van der Waals surface area contributed by atoms with Crippen molar-refractivity contribution in [3.8, 4) is 5.75 Å². The second-order valence-electron chi connectivity index (χ2n) is 5.37. The molecule has 1 aliphatic heterocycles.